The molecule has 0 bridgehead atoms. The maximum absolute atomic E-state index is 12.7. The van der Waals surface area contributed by atoms with Crippen molar-refractivity contribution in [2.24, 2.45) is 0 Å². The van der Waals surface area contributed by atoms with Gasteiger partial charge in [0.1, 0.15) is 0 Å². The summed E-state index contributed by atoms with van der Waals surface area (Å²) in [6.07, 6.45) is 1.76. The minimum absolute atomic E-state index is 0.192. The molecule has 32 heavy (non-hydrogen) atoms. The molecule has 0 radical (unpaired) electrons. The van der Waals surface area contributed by atoms with E-state index in [1.165, 1.54) is 15.9 Å². The molecule has 0 unspecified atom stereocenters. The molecule has 0 saturated carbocycles. The number of piperidine rings is 1. The third-order valence-electron chi connectivity index (χ3n) is 6.45. The molecular formula is C28H34NO2P. The second-order valence-corrected chi connectivity index (χ2v) is 13.8. The van der Waals surface area contributed by atoms with Crippen molar-refractivity contribution < 1.29 is 9.53 Å². The van der Waals surface area contributed by atoms with Crippen LogP contribution in [0, 0.1) is 0 Å². The van der Waals surface area contributed by atoms with E-state index in [1.54, 1.807) is 0 Å². The second-order valence-electron chi connectivity index (χ2n) is 9.65. The Bertz CT molecular complexity index is 911. The molecule has 4 rings (SSSR count). The Morgan fingerprint density at radius 1 is 0.750 bits per heavy atom. The standard InChI is InChI=1S/C28H34NO2P/c1-28(2,3)31-27(30)29-21-19-26(20-22-29)32(23-13-7-4-8-14-23,24-15-9-5-10-16-24)25-17-11-6-12-18-25/h4-18,26,32H,19-22H2,1-3H3. The van der Waals surface area contributed by atoms with Crippen molar-refractivity contribution in [3.8, 4) is 0 Å². The predicted octanol–water partition coefficient (Wildman–Crippen LogP) is 5.11. The van der Waals surface area contributed by atoms with Gasteiger partial charge in [0.2, 0.25) is 0 Å². The van der Waals surface area contributed by atoms with E-state index in [-0.39, 0.29) is 6.09 Å². The van der Waals surface area contributed by atoms with Gasteiger partial charge in [-0.1, -0.05) is 0 Å². The van der Waals surface area contributed by atoms with Crippen LogP contribution in [0.1, 0.15) is 33.6 Å². The summed E-state index contributed by atoms with van der Waals surface area (Å²) in [6.45, 7) is 7.25. The third-order valence-corrected chi connectivity index (χ3v) is 12.0. The zero-order valence-electron chi connectivity index (χ0n) is 19.3. The Hall–Kier alpha value is -2.64. The van der Waals surface area contributed by atoms with E-state index in [4.69, 9.17) is 4.74 Å². The van der Waals surface area contributed by atoms with Gasteiger partial charge in [0, 0.05) is 0 Å². The fraction of sp³-hybridized carbons (Fsp3) is 0.321. The van der Waals surface area contributed by atoms with Crippen molar-refractivity contribution in [3.05, 3.63) is 91.0 Å². The molecule has 1 heterocycles. The summed E-state index contributed by atoms with van der Waals surface area (Å²) >= 11 is 0. The Kier molecular flexibility index (Phi) is 6.67. The minimum atomic E-state index is -2.31. The fourth-order valence-corrected chi connectivity index (χ4v) is 10.8. The Labute approximate surface area is 192 Å². The number of nitrogens with zero attached hydrogens (tertiary/aromatic N) is 1. The first-order valence-corrected chi connectivity index (χ1v) is 13.6. The van der Waals surface area contributed by atoms with Gasteiger partial charge < -0.3 is 0 Å². The zero-order valence-corrected chi connectivity index (χ0v) is 20.3. The number of ether oxygens (including phenoxy) is 1. The summed E-state index contributed by atoms with van der Waals surface area (Å²) in [5.41, 5.74) is 0.0262. The van der Waals surface area contributed by atoms with Gasteiger partial charge in [-0.15, -0.1) is 0 Å². The molecule has 0 N–H and O–H groups in total. The Morgan fingerprint density at radius 3 is 1.47 bits per heavy atom. The van der Waals surface area contributed by atoms with Crippen molar-refractivity contribution in [1.29, 1.82) is 0 Å². The number of hydrogen-bond acceptors (Lipinski definition) is 2. The molecule has 3 aromatic carbocycles. The van der Waals surface area contributed by atoms with Gasteiger partial charge in [0.05, 0.1) is 0 Å². The first-order valence-electron chi connectivity index (χ1n) is 11.6. The van der Waals surface area contributed by atoms with Crippen molar-refractivity contribution in [1.82, 2.24) is 4.90 Å². The second kappa shape index (κ2) is 9.46. The van der Waals surface area contributed by atoms with Crippen molar-refractivity contribution in [2.45, 2.75) is 44.9 Å². The van der Waals surface area contributed by atoms with Gasteiger partial charge in [-0.25, -0.2) is 0 Å². The molecule has 1 amide bonds. The monoisotopic (exact) mass is 447 g/mol. The molecule has 0 aliphatic carbocycles. The van der Waals surface area contributed by atoms with Crippen molar-refractivity contribution in [3.63, 3.8) is 0 Å². The van der Waals surface area contributed by atoms with Gasteiger partial charge >= 0.3 is 193 Å². The van der Waals surface area contributed by atoms with Crippen LogP contribution in [-0.2, 0) is 4.74 Å². The average Bonchev–Trinajstić information content (AvgIpc) is 2.81. The molecule has 1 aliphatic rings. The van der Waals surface area contributed by atoms with Crippen molar-refractivity contribution in [2.75, 3.05) is 13.1 Å². The first-order chi connectivity index (χ1) is 15.4. The number of carbonyl (C=O) groups excluding carboxylic acids is 1. The molecule has 1 fully saturated rings. The van der Waals surface area contributed by atoms with E-state index < -0.39 is 12.9 Å². The molecule has 1 saturated heterocycles. The molecular weight excluding hydrogens is 413 g/mol. The van der Waals surface area contributed by atoms with Gasteiger partial charge in [-0.3, -0.25) is 0 Å². The van der Waals surface area contributed by atoms with Gasteiger partial charge in [0.15, 0.2) is 0 Å². The van der Waals surface area contributed by atoms with E-state index in [1.807, 2.05) is 25.7 Å². The van der Waals surface area contributed by atoms with Crippen LogP contribution in [0.5, 0.6) is 0 Å². The van der Waals surface area contributed by atoms with Gasteiger partial charge in [-0.2, -0.15) is 0 Å². The molecule has 3 aromatic rings. The number of benzene rings is 3. The third kappa shape index (κ3) is 4.59. The maximum atomic E-state index is 12.7. The van der Waals surface area contributed by atoms with Crippen molar-refractivity contribution >= 4 is 29.3 Å². The summed E-state index contributed by atoms with van der Waals surface area (Å²) < 4.78 is 5.65. The molecule has 4 heteroatoms. The number of carbonyl (C=O) groups is 1. The van der Waals surface area contributed by atoms with E-state index in [9.17, 15) is 4.79 Å². The van der Waals surface area contributed by atoms with E-state index in [0.29, 0.717) is 5.66 Å². The molecule has 168 valence electrons. The van der Waals surface area contributed by atoms with Crippen LogP contribution in [0.3, 0.4) is 0 Å². The van der Waals surface area contributed by atoms with Crippen LogP contribution in [-0.4, -0.2) is 35.3 Å². The van der Waals surface area contributed by atoms with Crippen LogP contribution in [0.25, 0.3) is 0 Å². The van der Waals surface area contributed by atoms with Crippen LogP contribution in [0.2, 0.25) is 0 Å². The van der Waals surface area contributed by atoms with Crippen LogP contribution < -0.4 is 15.9 Å². The number of hydrogen-bond donors (Lipinski definition) is 0. The summed E-state index contributed by atoms with van der Waals surface area (Å²) in [5, 5.41) is 4.31. The normalized spacial score (nSPS) is 15.9. The molecule has 0 atom stereocenters. The number of amides is 1. The predicted molar refractivity (Wildman–Crippen MR) is 137 cm³/mol. The average molecular weight is 448 g/mol. The first kappa shape index (κ1) is 22.6. The fourth-order valence-electron chi connectivity index (χ4n) is 5.13. The molecule has 3 nitrogen and oxygen atoms in total. The summed E-state index contributed by atoms with van der Waals surface area (Å²) in [5.74, 6) is 0. The number of rotatable bonds is 4. The SMILES string of the molecule is CC(C)(C)OC(=O)N1CCC([PH](c2ccccc2)(c2ccccc2)c2ccccc2)CC1. The summed E-state index contributed by atoms with van der Waals surface area (Å²) in [4.78, 5) is 14.6. The van der Waals surface area contributed by atoms with E-state index in [2.05, 4.69) is 91.0 Å². The summed E-state index contributed by atoms with van der Waals surface area (Å²) in [7, 11) is -2.31. The molecule has 1 aliphatic heterocycles. The zero-order chi connectivity index (χ0) is 22.6. The van der Waals surface area contributed by atoms with Gasteiger partial charge in [-0.05, 0) is 0 Å². The van der Waals surface area contributed by atoms with E-state index >= 15 is 0 Å². The van der Waals surface area contributed by atoms with Gasteiger partial charge in [0.25, 0.3) is 0 Å². The van der Waals surface area contributed by atoms with Crippen LogP contribution >= 0.6 is 7.26 Å². The van der Waals surface area contributed by atoms with Crippen LogP contribution in [0.15, 0.2) is 91.0 Å². The van der Waals surface area contributed by atoms with E-state index in [0.717, 1.165) is 25.9 Å². The Morgan fingerprint density at radius 2 is 1.12 bits per heavy atom. The summed E-state index contributed by atoms with van der Waals surface area (Å²) in [6, 6.07) is 33.2. The topological polar surface area (TPSA) is 29.5 Å². The molecule has 0 aromatic heterocycles. The quantitative estimate of drug-likeness (QED) is 0.520. The molecule has 0 spiro atoms. The van der Waals surface area contributed by atoms with Crippen LogP contribution in [0.4, 0.5) is 4.79 Å². The Balaban J connectivity index is 1.75. The number of likely N-dealkylation sites (tertiary alicyclic amines) is 1.